The molecule has 2 aromatic carbocycles. The van der Waals surface area contributed by atoms with Crippen LogP contribution in [0.2, 0.25) is 0 Å². The zero-order valence-electron chi connectivity index (χ0n) is 14.6. The fraction of sp³-hybridized carbons (Fsp3) is 0.316. The minimum Gasteiger partial charge on any atom is -0.458 e. The maximum Gasteiger partial charge on any atom is 0.329 e. The highest BCUT2D eigenvalue weighted by Gasteiger charge is 2.25. The number of hydrogen-bond acceptors (Lipinski definition) is 5. The van der Waals surface area contributed by atoms with Crippen LogP contribution in [0.3, 0.4) is 0 Å². The summed E-state index contributed by atoms with van der Waals surface area (Å²) in [7, 11) is 0. The van der Waals surface area contributed by atoms with E-state index in [9.17, 15) is 14.9 Å². The van der Waals surface area contributed by atoms with Gasteiger partial charge in [0.05, 0.1) is 4.92 Å². The largest absolute Gasteiger partial charge is 0.458 e. The SMILES string of the molecule is CC(C)(C)OC(=O)[C@@H](Cc1ccccc1)Nc1ccc([N+](=O)[O-])cc1. The van der Waals surface area contributed by atoms with Crippen molar-refractivity contribution in [2.24, 2.45) is 0 Å². The molecule has 0 aliphatic carbocycles. The fourth-order valence-corrected chi connectivity index (χ4v) is 2.30. The van der Waals surface area contributed by atoms with Crippen molar-refractivity contribution in [1.82, 2.24) is 0 Å². The van der Waals surface area contributed by atoms with Crippen molar-refractivity contribution >= 4 is 17.3 Å². The summed E-state index contributed by atoms with van der Waals surface area (Å²) in [6, 6.07) is 15.0. The van der Waals surface area contributed by atoms with Gasteiger partial charge < -0.3 is 10.1 Å². The Kier molecular flexibility index (Phi) is 5.75. The molecule has 132 valence electrons. The van der Waals surface area contributed by atoms with Crippen LogP contribution in [0.25, 0.3) is 0 Å². The van der Waals surface area contributed by atoms with Crippen LogP contribution in [0.5, 0.6) is 0 Å². The van der Waals surface area contributed by atoms with Crippen LogP contribution in [0.1, 0.15) is 26.3 Å². The monoisotopic (exact) mass is 342 g/mol. The summed E-state index contributed by atoms with van der Waals surface area (Å²) in [5.74, 6) is -0.366. The Morgan fingerprint density at radius 2 is 1.72 bits per heavy atom. The average Bonchev–Trinajstić information content (AvgIpc) is 2.54. The molecule has 0 aromatic heterocycles. The van der Waals surface area contributed by atoms with Gasteiger partial charge in [-0.15, -0.1) is 0 Å². The molecule has 1 N–H and O–H groups in total. The number of nitro benzene ring substituents is 1. The molecule has 0 aliphatic rings. The second-order valence-electron chi connectivity index (χ2n) is 6.72. The smallest absolute Gasteiger partial charge is 0.329 e. The normalized spacial score (nSPS) is 12.3. The van der Waals surface area contributed by atoms with E-state index >= 15 is 0 Å². The molecule has 0 spiro atoms. The molecular formula is C19H22N2O4. The molecule has 0 fully saturated rings. The first-order chi connectivity index (χ1) is 11.7. The first-order valence-electron chi connectivity index (χ1n) is 8.02. The third-order valence-electron chi connectivity index (χ3n) is 3.39. The van der Waals surface area contributed by atoms with E-state index in [0.29, 0.717) is 12.1 Å². The number of carbonyl (C=O) groups is 1. The minimum atomic E-state index is -0.594. The van der Waals surface area contributed by atoms with Gasteiger partial charge in [-0.1, -0.05) is 30.3 Å². The number of nitro groups is 1. The Morgan fingerprint density at radius 1 is 1.12 bits per heavy atom. The van der Waals surface area contributed by atoms with Crippen LogP contribution >= 0.6 is 0 Å². The standard InChI is InChI=1S/C19H22N2O4/c1-19(2,3)25-18(22)17(13-14-7-5-4-6-8-14)20-15-9-11-16(12-10-15)21(23)24/h4-12,17,20H,13H2,1-3H3/t17-/m1/s1. The maximum absolute atomic E-state index is 12.5. The highest BCUT2D eigenvalue weighted by atomic mass is 16.6. The molecule has 2 aromatic rings. The molecule has 6 heteroatoms. The Hall–Kier alpha value is -2.89. The van der Waals surface area contributed by atoms with Crippen molar-refractivity contribution in [3.63, 3.8) is 0 Å². The first-order valence-corrected chi connectivity index (χ1v) is 8.02. The van der Waals surface area contributed by atoms with Crippen molar-refractivity contribution in [2.45, 2.75) is 38.8 Å². The lowest BCUT2D eigenvalue weighted by atomic mass is 10.0. The number of anilines is 1. The third kappa shape index (κ3) is 5.91. The van der Waals surface area contributed by atoms with Gasteiger partial charge in [0.1, 0.15) is 11.6 Å². The Morgan fingerprint density at radius 3 is 2.24 bits per heavy atom. The number of carbonyl (C=O) groups excluding carboxylic acids is 1. The Labute approximate surface area is 147 Å². The number of rotatable bonds is 6. The van der Waals surface area contributed by atoms with Gasteiger partial charge in [0, 0.05) is 24.2 Å². The van der Waals surface area contributed by atoms with Gasteiger partial charge in [-0.05, 0) is 38.5 Å². The molecule has 0 saturated carbocycles. The number of esters is 1. The number of hydrogen-bond donors (Lipinski definition) is 1. The number of benzene rings is 2. The molecule has 0 aliphatic heterocycles. The molecule has 1 atom stereocenters. The Balaban J connectivity index is 2.18. The molecule has 25 heavy (non-hydrogen) atoms. The zero-order chi connectivity index (χ0) is 18.4. The van der Waals surface area contributed by atoms with Crippen LogP contribution in [-0.4, -0.2) is 22.5 Å². The van der Waals surface area contributed by atoms with Gasteiger partial charge in [0.25, 0.3) is 5.69 Å². The maximum atomic E-state index is 12.5. The van der Waals surface area contributed by atoms with E-state index in [0.717, 1.165) is 5.56 Å². The lowest BCUT2D eigenvalue weighted by Gasteiger charge is -2.25. The third-order valence-corrected chi connectivity index (χ3v) is 3.39. The highest BCUT2D eigenvalue weighted by Crippen LogP contribution is 2.19. The summed E-state index contributed by atoms with van der Waals surface area (Å²) in [6.07, 6.45) is 0.451. The quantitative estimate of drug-likeness (QED) is 0.488. The molecule has 0 heterocycles. The number of nitrogens with one attached hydrogen (secondary N) is 1. The molecule has 6 nitrogen and oxygen atoms in total. The lowest BCUT2D eigenvalue weighted by molar-refractivity contribution is -0.384. The number of non-ortho nitro benzene ring substituents is 1. The molecule has 0 bridgehead atoms. The summed E-state index contributed by atoms with van der Waals surface area (Å²) in [5, 5.41) is 13.9. The van der Waals surface area contributed by atoms with Crippen LogP contribution < -0.4 is 5.32 Å². The molecular weight excluding hydrogens is 320 g/mol. The van der Waals surface area contributed by atoms with E-state index in [1.165, 1.54) is 12.1 Å². The second kappa shape index (κ2) is 7.79. The van der Waals surface area contributed by atoms with E-state index in [1.54, 1.807) is 12.1 Å². The van der Waals surface area contributed by atoms with Crippen LogP contribution in [-0.2, 0) is 16.0 Å². The summed E-state index contributed by atoms with van der Waals surface area (Å²) in [5.41, 5.74) is 1.02. The van der Waals surface area contributed by atoms with Gasteiger partial charge in [-0.3, -0.25) is 10.1 Å². The summed E-state index contributed by atoms with van der Waals surface area (Å²) in [6.45, 7) is 5.45. The van der Waals surface area contributed by atoms with Gasteiger partial charge >= 0.3 is 5.97 Å². The van der Waals surface area contributed by atoms with Gasteiger partial charge in [-0.25, -0.2) is 4.79 Å². The van der Waals surface area contributed by atoms with Crippen molar-refractivity contribution in [3.8, 4) is 0 Å². The first kappa shape index (κ1) is 18.4. The highest BCUT2D eigenvalue weighted by molar-refractivity contribution is 5.80. The van der Waals surface area contributed by atoms with Crippen molar-refractivity contribution in [2.75, 3.05) is 5.32 Å². The minimum absolute atomic E-state index is 0.00225. The topological polar surface area (TPSA) is 81.5 Å². The van der Waals surface area contributed by atoms with Gasteiger partial charge in [0.15, 0.2) is 0 Å². The van der Waals surface area contributed by atoms with Gasteiger partial charge in [-0.2, -0.15) is 0 Å². The molecule has 0 amide bonds. The van der Waals surface area contributed by atoms with E-state index in [-0.39, 0.29) is 11.7 Å². The molecule has 0 radical (unpaired) electrons. The predicted molar refractivity (Wildman–Crippen MR) is 96.5 cm³/mol. The van der Waals surface area contributed by atoms with Crippen molar-refractivity contribution < 1.29 is 14.5 Å². The fourth-order valence-electron chi connectivity index (χ4n) is 2.30. The lowest BCUT2D eigenvalue weighted by Crippen LogP contribution is -2.38. The van der Waals surface area contributed by atoms with Crippen LogP contribution in [0.15, 0.2) is 54.6 Å². The van der Waals surface area contributed by atoms with Crippen LogP contribution in [0, 0.1) is 10.1 Å². The second-order valence-corrected chi connectivity index (χ2v) is 6.72. The number of nitrogens with zero attached hydrogens (tertiary/aromatic N) is 1. The number of ether oxygens (including phenoxy) is 1. The predicted octanol–water partition coefficient (Wildman–Crippen LogP) is 3.96. The summed E-state index contributed by atoms with van der Waals surface area (Å²) < 4.78 is 5.50. The van der Waals surface area contributed by atoms with Gasteiger partial charge in [0.2, 0.25) is 0 Å². The summed E-state index contributed by atoms with van der Waals surface area (Å²) >= 11 is 0. The zero-order valence-corrected chi connectivity index (χ0v) is 14.6. The average molecular weight is 342 g/mol. The van der Waals surface area contributed by atoms with E-state index in [2.05, 4.69) is 5.32 Å². The van der Waals surface area contributed by atoms with E-state index < -0.39 is 16.6 Å². The van der Waals surface area contributed by atoms with Crippen molar-refractivity contribution in [3.05, 3.63) is 70.3 Å². The summed E-state index contributed by atoms with van der Waals surface area (Å²) in [4.78, 5) is 22.8. The molecule has 2 rings (SSSR count). The van der Waals surface area contributed by atoms with E-state index in [1.807, 2.05) is 51.1 Å². The molecule has 0 unspecified atom stereocenters. The molecule has 0 saturated heterocycles. The van der Waals surface area contributed by atoms with Crippen LogP contribution in [0.4, 0.5) is 11.4 Å². The van der Waals surface area contributed by atoms with Crippen molar-refractivity contribution in [1.29, 1.82) is 0 Å². The Bertz CT molecular complexity index is 721. The van der Waals surface area contributed by atoms with E-state index in [4.69, 9.17) is 4.74 Å².